The van der Waals surface area contributed by atoms with E-state index in [0.29, 0.717) is 24.7 Å². The fourth-order valence-corrected chi connectivity index (χ4v) is 0.321. The van der Waals surface area contributed by atoms with Crippen molar-refractivity contribution in [1.82, 2.24) is 0 Å². The van der Waals surface area contributed by atoms with E-state index in [1.54, 1.807) is 6.92 Å². The van der Waals surface area contributed by atoms with Gasteiger partial charge in [0.25, 0.3) is 0 Å². The third-order valence-corrected chi connectivity index (χ3v) is 0.896. The van der Waals surface area contributed by atoms with Crippen LogP contribution in [0.2, 0.25) is 0 Å². The summed E-state index contributed by atoms with van der Waals surface area (Å²) >= 11 is 0. The lowest BCUT2D eigenvalue weighted by molar-refractivity contribution is 0.0816. The normalized spacial score (nSPS) is 9.00. The maximum absolute atomic E-state index is 7.04. The van der Waals surface area contributed by atoms with E-state index in [-0.39, 0.29) is 0 Å². The van der Waals surface area contributed by atoms with Crippen molar-refractivity contribution in [3.63, 3.8) is 0 Å². The summed E-state index contributed by atoms with van der Waals surface area (Å²) in [5.41, 5.74) is 0.317. The first-order valence-electron chi connectivity index (χ1n) is 2.87. The molecule has 0 radical (unpaired) electrons. The Morgan fingerprint density at radius 2 is 2.20 bits per heavy atom. The van der Waals surface area contributed by atoms with Gasteiger partial charge < -0.3 is 15.0 Å². The lowest BCUT2D eigenvalue weighted by Gasteiger charge is -2.05. The number of nitrogens with two attached hydrogens (primary N) is 1. The van der Waals surface area contributed by atoms with E-state index in [1.807, 2.05) is 0 Å². The van der Waals surface area contributed by atoms with Crippen molar-refractivity contribution in [2.45, 2.75) is 6.92 Å². The van der Waals surface area contributed by atoms with Crippen LogP contribution in [0.1, 0.15) is 6.92 Å². The minimum Gasteiger partial charge on any atom is -0.490 e. The van der Waals surface area contributed by atoms with Crippen LogP contribution in [0.4, 0.5) is 0 Å². The first kappa shape index (κ1) is 9.13. The highest BCUT2D eigenvalue weighted by atomic mass is 16.6. The van der Waals surface area contributed by atoms with Crippen LogP contribution in [0.25, 0.3) is 0 Å². The topological polar surface area (TPSA) is 68.3 Å². The van der Waals surface area contributed by atoms with Crippen LogP contribution < -0.4 is 5.90 Å². The SMILES string of the molecule is C=C(OCCON)C(C)=N. The predicted molar refractivity (Wildman–Crippen MR) is 38.6 cm³/mol. The Bertz CT molecular complexity index is 134. The Morgan fingerprint density at radius 3 is 2.60 bits per heavy atom. The molecule has 0 aliphatic carbocycles. The molecular formula is C6H12N2O2. The summed E-state index contributed by atoms with van der Waals surface area (Å²) in [6.45, 7) is 5.74. The predicted octanol–water partition coefficient (Wildman–Crippen LogP) is 0.447. The van der Waals surface area contributed by atoms with Crippen molar-refractivity contribution in [2.24, 2.45) is 5.90 Å². The quantitative estimate of drug-likeness (QED) is 0.255. The number of hydrogen-bond donors (Lipinski definition) is 2. The third kappa shape index (κ3) is 4.05. The third-order valence-electron chi connectivity index (χ3n) is 0.896. The largest absolute Gasteiger partial charge is 0.490 e. The molecule has 0 heterocycles. The molecule has 10 heavy (non-hydrogen) atoms. The van der Waals surface area contributed by atoms with Crippen LogP contribution in [-0.2, 0) is 9.57 Å². The van der Waals surface area contributed by atoms with Crippen LogP contribution in [0, 0.1) is 5.41 Å². The van der Waals surface area contributed by atoms with E-state index >= 15 is 0 Å². The van der Waals surface area contributed by atoms with Gasteiger partial charge in [-0.05, 0) is 6.92 Å². The van der Waals surface area contributed by atoms with Gasteiger partial charge in [-0.25, -0.2) is 5.90 Å². The molecule has 0 unspecified atom stereocenters. The Morgan fingerprint density at radius 1 is 1.60 bits per heavy atom. The first-order chi connectivity index (χ1) is 4.68. The Balaban J connectivity index is 3.31. The summed E-state index contributed by atoms with van der Waals surface area (Å²) in [4.78, 5) is 4.24. The molecule has 4 nitrogen and oxygen atoms in total. The van der Waals surface area contributed by atoms with Gasteiger partial charge in [0, 0.05) is 0 Å². The second-order valence-corrected chi connectivity index (χ2v) is 1.77. The number of nitrogens with one attached hydrogen (secondary N) is 1. The second kappa shape index (κ2) is 4.96. The molecule has 0 aliphatic heterocycles. The molecule has 0 fully saturated rings. The summed E-state index contributed by atoms with van der Waals surface area (Å²) in [7, 11) is 0. The summed E-state index contributed by atoms with van der Waals surface area (Å²) in [6, 6.07) is 0. The summed E-state index contributed by atoms with van der Waals surface area (Å²) in [6.07, 6.45) is 0. The minimum atomic E-state index is 0.312. The Hall–Kier alpha value is -0.870. The average molecular weight is 144 g/mol. The molecule has 0 aliphatic rings. The highest BCUT2D eigenvalue weighted by Crippen LogP contribution is 1.93. The van der Waals surface area contributed by atoms with E-state index < -0.39 is 0 Å². The second-order valence-electron chi connectivity index (χ2n) is 1.77. The number of rotatable bonds is 5. The maximum Gasteiger partial charge on any atom is 0.132 e. The van der Waals surface area contributed by atoms with Gasteiger partial charge >= 0.3 is 0 Å². The standard InChI is InChI=1S/C6H12N2O2/c1-5(7)6(2)9-3-4-10-8/h7H,2-4,8H2,1H3. The molecule has 0 aromatic rings. The van der Waals surface area contributed by atoms with Crippen molar-refractivity contribution in [1.29, 1.82) is 5.41 Å². The van der Waals surface area contributed by atoms with Crippen LogP contribution in [0.3, 0.4) is 0 Å². The van der Waals surface area contributed by atoms with Gasteiger partial charge in [0.1, 0.15) is 19.0 Å². The van der Waals surface area contributed by atoms with Crippen molar-refractivity contribution < 1.29 is 9.57 Å². The van der Waals surface area contributed by atoms with Crippen LogP contribution in [0.15, 0.2) is 12.3 Å². The average Bonchev–Trinajstić information content (AvgIpc) is 1.88. The summed E-state index contributed by atoms with van der Waals surface area (Å²) in [5, 5.41) is 7.04. The monoisotopic (exact) mass is 144 g/mol. The summed E-state index contributed by atoms with van der Waals surface area (Å²) < 4.78 is 4.92. The minimum absolute atomic E-state index is 0.312. The van der Waals surface area contributed by atoms with Crippen molar-refractivity contribution in [2.75, 3.05) is 13.2 Å². The molecule has 0 aromatic heterocycles. The molecule has 0 saturated heterocycles. The molecular weight excluding hydrogens is 132 g/mol. The molecule has 4 heteroatoms. The zero-order valence-electron chi connectivity index (χ0n) is 6.02. The molecule has 0 saturated carbocycles. The molecule has 0 atom stereocenters. The zero-order valence-corrected chi connectivity index (χ0v) is 6.02. The van der Waals surface area contributed by atoms with Crippen LogP contribution in [0.5, 0.6) is 0 Å². The molecule has 3 N–H and O–H groups in total. The van der Waals surface area contributed by atoms with Gasteiger partial charge in [-0.15, -0.1) is 0 Å². The Labute approximate surface area is 60.1 Å². The molecule has 0 bridgehead atoms. The van der Waals surface area contributed by atoms with Crippen molar-refractivity contribution in [3.05, 3.63) is 12.3 Å². The highest BCUT2D eigenvalue weighted by molar-refractivity contribution is 5.93. The van der Waals surface area contributed by atoms with Gasteiger partial charge in [-0.3, -0.25) is 0 Å². The summed E-state index contributed by atoms with van der Waals surface area (Å²) in [5.74, 6) is 5.09. The Kier molecular flexibility index (Phi) is 4.53. The molecule has 0 spiro atoms. The number of hydrogen-bond acceptors (Lipinski definition) is 4. The lowest BCUT2D eigenvalue weighted by atomic mass is 10.4. The molecule has 0 amide bonds. The van der Waals surface area contributed by atoms with E-state index in [9.17, 15) is 0 Å². The van der Waals surface area contributed by atoms with Crippen LogP contribution in [-0.4, -0.2) is 18.9 Å². The van der Waals surface area contributed by atoms with E-state index in [1.165, 1.54) is 0 Å². The zero-order chi connectivity index (χ0) is 7.98. The fourth-order valence-electron chi connectivity index (χ4n) is 0.321. The van der Waals surface area contributed by atoms with Gasteiger partial charge in [0.2, 0.25) is 0 Å². The smallest absolute Gasteiger partial charge is 0.132 e. The highest BCUT2D eigenvalue weighted by Gasteiger charge is 1.95. The number of ether oxygens (including phenoxy) is 1. The van der Waals surface area contributed by atoms with E-state index in [0.717, 1.165) is 0 Å². The van der Waals surface area contributed by atoms with E-state index in [4.69, 9.17) is 16.0 Å². The molecule has 58 valence electrons. The van der Waals surface area contributed by atoms with Gasteiger partial charge in [0.05, 0.1) is 5.71 Å². The lowest BCUT2D eigenvalue weighted by Crippen LogP contribution is -2.09. The number of allylic oxidation sites excluding steroid dienone is 1. The maximum atomic E-state index is 7.04. The van der Waals surface area contributed by atoms with Crippen LogP contribution >= 0.6 is 0 Å². The van der Waals surface area contributed by atoms with Crippen molar-refractivity contribution >= 4 is 5.71 Å². The fraction of sp³-hybridized carbons (Fsp3) is 0.500. The molecule has 0 rings (SSSR count). The molecule has 0 aromatic carbocycles. The van der Waals surface area contributed by atoms with Gasteiger partial charge in [-0.1, -0.05) is 6.58 Å². The first-order valence-corrected chi connectivity index (χ1v) is 2.87. The van der Waals surface area contributed by atoms with E-state index in [2.05, 4.69) is 11.4 Å². The van der Waals surface area contributed by atoms with Gasteiger partial charge in [-0.2, -0.15) is 0 Å². The van der Waals surface area contributed by atoms with Crippen molar-refractivity contribution in [3.8, 4) is 0 Å². The van der Waals surface area contributed by atoms with Gasteiger partial charge in [0.15, 0.2) is 0 Å².